The Labute approximate surface area is 93.7 Å². The number of nitrogens with zero attached hydrogens (tertiary/aromatic N) is 2. The highest BCUT2D eigenvalue weighted by Crippen LogP contribution is 2.42. The second-order valence-corrected chi connectivity index (χ2v) is 4.43. The lowest BCUT2D eigenvalue weighted by molar-refractivity contribution is 0.426. The van der Waals surface area contributed by atoms with Gasteiger partial charge in [-0.3, -0.25) is 4.68 Å². The zero-order valence-corrected chi connectivity index (χ0v) is 9.09. The molecule has 3 rings (SSSR count). The molecule has 1 aromatic carbocycles. The molecule has 2 aromatic rings. The van der Waals surface area contributed by atoms with Gasteiger partial charge in [0.05, 0.1) is 11.2 Å². The van der Waals surface area contributed by atoms with Crippen LogP contribution < -0.4 is 5.46 Å². The van der Waals surface area contributed by atoms with Gasteiger partial charge in [0.15, 0.2) is 0 Å². The maximum atomic E-state index is 9.13. The van der Waals surface area contributed by atoms with E-state index in [1.165, 1.54) is 12.8 Å². The number of fused-ring (bicyclic) bond motifs is 1. The summed E-state index contributed by atoms with van der Waals surface area (Å²) in [5.74, 6) is 0.605. The van der Waals surface area contributed by atoms with E-state index in [0.29, 0.717) is 11.4 Å². The predicted molar refractivity (Wildman–Crippen MR) is 62.5 cm³/mol. The van der Waals surface area contributed by atoms with E-state index in [2.05, 4.69) is 5.10 Å². The molecule has 0 aliphatic heterocycles. The van der Waals surface area contributed by atoms with E-state index in [-0.39, 0.29) is 0 Å². The van der Waals surface area contributed by atoms with E-state index in [4.69, 9.17) is 10.0 Å². The first-order valence-electron chi connectivity index (χ1n) is 5.49. The Bertz CT molecular complexity index is 546. The maximum Gasteiger partial charge on any atom is 0.488 e. The van der Waals surface area contributed by atoms with Crippen LogP contribution in [0.3, 0.4) is 0 Å². The molecule has 1 aliphatic carbocycles. The Morgan fingerprint density at radius 3 is 2.75 bits per heavy atom. The van der Waals surface area contributed by atoms with E-state index in [1.54, 1.807) is 12.1 Å². The summed E-state index contributed by atoms with van der Waals surface area (Å²) in [7, 11) is 0.477. The summed E-state index contributed by atoms with van der Waals surface area (Å²) in [6.07, 6.45) is 2.44. The molecule has 0 unspecified atom stereocenters. The fourth-order valence-corrected chi connectivity index (χ4v) is 2.12. The van der Waals surface area contributed by atoms with Crippen molar-refractivity contribution in [3.05, 3.63) is 23.9 Å². The zero-order valence-electron chi connectivity index (χ0n) is 9.09. The SMILES string of the molecule is Cn1nc(C2CC2)c2ccc(B(O)O)cc21. The van der Waals surface area contributed by atoms with Gasteiger partial charge in [0, 0.05) is 18.4 Å². The number of aryl methyl sites for hydroxylation is 1. The van der Waals surface area contributed by atoms with Crippen molar-refractivity contribution < 1.29 is 10.0 Å². The minimum Gasteiger partial charge on any atom is -0.423 e. The highest BCUT2D eigenvalue weighted by molar-refractivity contribution is 6.58. The lowest BCUT2D eigenvalue weighted by Gasteiger charge is -2.00. The molecule has 1 saturated carbocycles. The molecule has 1 fully saturated rings. The highest BCUT2D eigenvalue weighted by atomic mass is 16.4. The Balaban J connectivity index is 2.20. The highest BCUT2D eigenvalue weighted by Gasteiger charge is 2.28. The first-order chi connectivity index (χ1) is 7.66. The van der Waals surface area contributed by atoms with Crippen molar-refractivity contribution in [3.8, 4) is 0 Å². The number of aromatic nitrogens is 2. The normalized spacial score (nSPS) is 15.7. The van der Waals surface area contributed by atoms with E-state index in [1.807, 2.05) is 17.8 Å². The molecule has 82 valence electrons. The molecule has 0 amide bonds. The molecule has 1 heterocycles. The Morgan fingerprint density at radius 1 is 1.38 bits per heavy atom. The first kappa shape index (κ1) is 9.87. The summed E-state index contributed by atoms with van der Waals surface area (Å²) in [6, 6.07) is 5.48. The van der Waals surface area contributed by atoms with Crippen molar-refractivity contribution in [2.45, 2.75) is 18.8 Å². The molecule has 0 bridgehead atoms. The number of rotatable bonds is 2. The van der Waals surface area contributed by atoms with Gasteiger partial charge in [0.25, 0.3) is 0 Å². The van der Waals surface area contributed by atoms with E-state index in [9.17, 15) is 0 Å². The molecule has 0 saturated heterocycles. The molecule has 16 heavy (non-hydrogen) atoms. The van der Waals surface area contributed by atoms with Crippen LogP contribution in [0.1, 0.15) is 24.5 Å². The van der Waals surface area contributed by atoms with Crippen LogP contribution in [0.15, 0.2) is 18.2 Å². The lowest BCUT2D eigenvalue weighted by Crippen LogP contribution is -2.29. The smallest absolute Gasteiger partial charge is 0.423 e. The molecule has 0 atom stereocenters. The Hall–Kier alpha value is -1.33. The molecule has 1 aromatic heterocycles. The van der Waals surface area contributed by atoms with Crippen LogP contribution in [-0.2, 0) is 7.05 Å². The topological polar surface area (TPSA) is 58.3 Å². The summed E-state index contributed by atoms with van der Waals surface area (Å²) in [6.45, 7) is 0. The van der Waals surface area contributed by atoms with Crippen LogP contribution in [0.25, 0.3) is 10.9 Å². The summed E-state index contributed by atoms with van der Waals surface area (Å²) in [5.41, 5.74) is 2.63. The minimum atomic E-state index is -1.41. The molecule has 0 spiro atoms. The largest absolute Gasteiger partial charge is 0.488 e. The third kappa shape index (κ3) is 1.44. The quantitative estimate of drug-likeness (QED) is 0.701. The van der Waals surface area contributed by atoms with Crippen LogP contribution in [0, 0.1) is 0 Å². The van der Waals surface area contributed by atoms with Gasteiger partial charge in [0.2, 0.25) is 0 Å². The summed E-state index contributed by atoms with van der Waals surface area (Å²) >= 11 is 0. The Kier molecular flexibility index (Phi) is 2.06. The third-order valence-electron chi connectivity index (χ3n) is 3.17. The van der Waals surface area contributed by atoms with Crippen molar-refractivity contribution in [2.24, 2.45) is 7.05 Å². The van der Waals surface area contributed by atoms with Crippen LogP contribution >= 0.6 is 0 Å². The van der Waals surface area contributed by atoms with Crippen molar-refractivity contribution in [2.75, 3.05) is 0 Å². The number of benzene rings is 1. The van der Waals surface area contributed by atoms with Crippen LogP contribution in [0.5, 0.6) is 0 Å². The first-order valence-corrected chi connectivity index (χ1v) is 5.49. The fraction of sp³-hybridized carbons (Fsp3) is 0.364. The van der Waals surface area contributed by atoms with Crippen LogP contribution in [0.2, 0.25) is 0 Å². The van der Waals surface area contributed by atoms with Crippen molar-refractivity contribution in [1.29, 1.82) is 0 Å². The third-order valence-corrected chi connectivity index (χ3v) is 3.17. The van der Waals surface area contributed by atoms with E-state index in [0.717, 1.165) is 16.6 Å². The van der Waals surface area contributed by atoms with Crippen LogP contribution in [0.4, 0.5) is 0 Å². The van der Waals surface area contributed by atoms with Crippen molar-refractivity contribution >= 4 is 23.5 Å². The zero-order chi connectivity index (χ0) is 11.3. The van der Waals surface area contributed by atoms with E-state index >= 15 is 0 Å². The van der Waals surface area contributed by atoms with Gasteiger partial charge in [0.1, 0.15) is 0 Å². The summed E-state index contributed by atoms with van der Waals surface area (Å²) in [4.78, 5) is 0. The van der Waals surface area contributed by atoms with Gasteiger partial charge in [-0.05, 0) is 24.4 Å². The molecular formula is C11H13BN2O2. The lowest BCUT2D eigenvalue weighted by atomic mass is 9.80. The molecular weight excluding hydrogens is 203 g/mol. The minimum absolute atomic E-state index is 0.512. The predicted octanol–water partition coefficient (Wildman–Crippen LogP) is 0.130. The van der Waals surface area contributed by atoms with E-state index < -0.39 is 7.12 Å². The average Bonchev–Trinajstić information content (AvgIpc) is 3.04. The van der Waals surface area contributed by atoms with Gasteiger partial charge in [-0.2, -0.15) is 5.10 Å². The van der Waals surface area contributed by atoms with Crippen molar-refractivity contribution in [3.63, 3.8) is 0 Å². The molecule has 0 radical (unpaired) electrons. The van der Waals surface area contributed by atoms with Crippen LogP contribution in [-0.4, -0.2) is 26.9 Å². The Morgan fingerprint density at radius 2 is 2.12 bits per heavy atom. The fourth-order valence-electron chi connectivity index (χ4n) is 2.12. The number of hydrogen-bond donors (Lipinski definition) is 2. The van der Waals surface area contributed by atoms with Gasteiger partial charge >= 0.3 is 7.12 Å². The van der Waals surface area contributed by atoms with Gasteiger partial charge in [-0.15, -0.1) is 0 Å². The van der Waals surface area contributed by atoms with Gasteiger partial charge in [-0.1, -0.05) is 12.1 Å². The second-order valence-electron chi connectivity index (χ2n) is 4.43. The van der Waals surface area contributed by atoms with Gasteiger partial charge < -0.3 is 10.0 Å². The van der Waals surface area contributed by atoms with Gasteiger partial charge in [-0.25, -0.2) is 0 Å². The summed E-state index contributed by atoms with van der Waals surface area (Å²) in [5, 5.41) is 23.9. The summed E-state index contributed by atoms with van der Waals surface area (Å²) < 4.78 is 1.81. The molecule has 2 N–H and O–H groups in total. The number of hydrogen-bond acceptors (Lipinski definition) is 3. The van der Waals surface area contributed by atoms with Crippen molar-refractivity contribution in [1.82, 2.24) is 9.78 Å². The molecule has 5 heteroatoms. The molecule has 1 aliphatic rings. The molecule has 4 nitrogen and oxygen atoms in total. The second kappa shape index (κ2) is 3.33. The monoisotopic (exact) mass is 216 g/mol. The average molecular weight is 216 g/mol. The standard InChI is InChI=1S/C11H13BN2O2/c1-14-10-6-8(12(15)16)4-5-9(10)11(13-14)7-2-3-7/h4-7,15-16H,2-3H2,1H3. The maximum absolute atomic E-state index is 9.13.